The van der Waals surface area contributed by atoms with E-state index in [1.54, 1.807) is 23.0 Å². The third kappa shape index (κ3) is 3.36. The van der Waals surface area contributed by atoms with Crippen LogP contribution in [0.1, 0.15) is 48.0 Å². The molecule has 0 unspecified atom stereocenters. The molecule has 1 aromatic carbocycles. The molecule has 1 aliphatic heterocycles. The van der Waals surface area contributed by atoms with E-state index in [4.69, 9.17) is 0 Å². The molecule has 1 aromatic heterocycles. The summed E-state index contributed by atoms with van der Waals surface area (Å²) in [4.78, 5) is 31.8. The van der Waals surface area contributed by atoms with Crippen LogP contribution in [0.15, 0.2) is 35.4 Å². The first kappa shape index (κ1) is 16.8. The van der Waals surface area contributed by atoms with Crippen LogP contribution < -0.4 is 15.8 Å². The van der Waals surface area contributed by atoms with E-state index in [1.165, 1.54) is 6.42 Å². The molecule has 1 aliphatic carbocycles. The van der Waals surface area contributed by atoms with E-state index in [2.05, 4.69) is 15.2 Å². The van der Waals surface area contributed by atoms with Crippen LogP contribution in [-0.4, -0.2) is 34.6 Å². The predicted octanol–water partition coefficient (Wildman–Crippen LogP) is 2.42. The Morgan fingerprint density at radius 2 is 1.96 bits per heavy atom. The van der Waals surface area contributed by atoms with Gasteiger partial charge in [-0.25, -0.2) is 4.98 Å². The number of hydrogen-bond donors (Lipinski definition) is 1. The average Bonchev–Trinajstić information content (AvgIpc) is 3.47. The van der Waals surface area contributed by atoms with E-state index in [0.717, 1.165) is 50.0 Å². The Morgan fingerprint density at radius 3 is 2.69 bits per heavy atom. The third-order valence-electron chi connectivity index (χ3n) is 5.12. The van der Waals surface area contributed by atoms with Crippen molar-refractivity contribution in [1.82, 2.24) is 14.9 Å². The Kier molecular flexibility index (Phi) is 4.49. The molecule has 1 saturated heterocycles. The third-order valence-corrected chi connectivity index (χ3v) is 5.12. The fourth-order valence-electron chi connectivity index (χ4n) is 3.42. The van der Waals surface area contributed by atoms with Crippen molar-refractivity contribution in [2.24, 2.45) is 0 Å². The second kappa shape index (κ2) is 6.94. The van der Waals surface area contributed by atoms with Crippen LogP contribution in [-0.2, 0) is 0 Å². The number of anilines is 1. The maximum atomic E-state index is 13.0. The fraction of sp³-hybridized carbons (Fsp3) is 0.450. The minimum Gasteiger partial charge on any atom is -0.352 e. The quantitative estimate of drug-likeness (QED) is 0.918. The van der Waals surface area contributed by atoms with Gasteiger partial charge in [0.15, 0.2) is 5.82 Å². The normalized spacial score (nSPS) is 17.2. The summed E-state index contributed by atoms with van der Waals surface area (Å²) < 4.78 is 1.61. The molecule has 26 heavy (non-hydrogen) atoms. The van der Waals surface area contributed by atoms with Crippen molar-refractivity contribution in [3.63, 3.8) is 0 Å². The van der Waals surface area contributed by atoms with Gasteiger partial charge in [-0.2, -0.15) is 0 Å². The van der Waals surface area contributed by atoms with Crippen molar-refractivity contribution in [3.05, 3.63) is 52.1 Å². The van der Waals surface area contributed by atoms with Gasteiger partial charge in [-0.1, -0.05) is 6.07 Å². The summed E-state index contributed by atoms with van der Waals surface area (Å²) >= 11 is 0. The standard InChI is InChI=1S/C20H24N4O2/c1-14-5-6-15(19(25)22-16-7-8-16)13-17(14)24-12-9-21-18(20(24)26)23-10-3-2-4-11-23/h5-6,9,12-13,16H,2-4,7-8,10-11H2,1H3,(H,22,25). The average molecular weight is 352 g/mol. The molecule has 6 heteroatoms. The van der Waals surface area contributed by atoms with Gasteiger partial charge in [0.1, 0.15) is 0 Å². The first-order valence-corrected chi connectivity index (χ1v) is 9.38. The first-order valence-electron chi connectivity index (χ1n) is 9.38. The number of aromatic nitrogens is 2. The lowest BCUT2D eigenvalue weighted by Crippen LogP contribution is -2.36. The summed E-state index contributed by atoms with van der Waals surface area (Å²) in [6.07, 6.45) is 8.83. The Hall–Kier alpha value is -2.63. The zero-order valence-electron chi connectivity index (χ0n) is 15.1. The second-order valence-electron chi connectivity index (χ2n) is 7.22. The number of carbonyl (C=O) groups is 1. The van der Waals surface area contributed by atoms with Crippen LogP contribution >= 0.6 is 0 Å². The number of nitrogens with zero attached hydrogens (tertiary/aromatic N) is 3. The molecule has 2 aliphatic rings. The monoisotopic (exact) mass is 352 g/mol. The number of benzene rings is 1. The Labute approximate surface area is 152 Å². The van der Waals surface area contributed by atoms with E-state index in [1.807, 2.05) is 19.1 Å². The van der Waals surface area contributed by atoms with Crippen molar-refractivity contribution >= 4 is 11.7 Å². The summed E-state index contributed by atoms with van der Waals surface area (Å²) in [5.41, 5.74) is 2.14. The lowest BCUT2D eigenvalue weighted by atomic mass is 10.1. The Bertz CT molecular complexity index is 880. The molecule has 2 fully saturated rings. The lowest BCUT2D eigenvalue weighted by Gasteiger charge is -2.27. The van der Waals surface area contributed by atoms with Crippen molar-refractivity contribution in [3.8, 4) is 5.69 Å². The number of piperidine rings is 1. The number of rotatable bonds is 4. The summed E-state index contributed by atoms with van der Waals surface area (Å²) in [5, 5.41) is 3.00. The van der Waals surface area contributed by atoms with Gasteiger partial charge in [-0.05, 0) is 56.7 Å². The highest BCUT2D eigenvalue weighted by Gasteiger charge is 2.24. The maximum Gasteiger partial charge on any atom is 0.298 e. The molecule has 0 bridgehead atoms. The van der Waals surface area contributed by atoms with Crippen molar-refractivity contribution in [2.75, 3.05) is 18.0 Å². The van der Waals surface area contributed by atoms with E-state index in [9.17, 15) is 9.59 Å². The summed E-state index contributed by atoms with van der Waals surface area (Å²) in [5.74, 6) is 0.423. The molecule has 1 amide bonds. The first-order chi connectivity index (χ1) is 12.6. The molecular weight excluding hydrogens is 328 g/mol. The van der Waals surface area contributed by atoms with Crippen LogP contribution in [0.2, 0.25) is 0 Å². The molecule has 2 aromatic rings. The van der Waals surface area contributed by atoms with Crippen molar-refractivity contribution in [2.45, 2.75) is 45.1 Å². The number of carbonyl (C=O) groups excluding carboxylic acids is 1. The smallest absolute Gasteiger partial charge is 0.298 e. The molecule has 2 heterocycles. The Morgan fingerprint density at radius 1 is 1.19 bits per heavy atom. The van der Waals surface area contributed by atoms with Crippen LogP contribution in [0, 0.1) is 6.92 Å². The number of nitrogens with one attached hydrogen (secondary N) is 1. The Balaban J connectivity index is 1.70. The van der Waals surface area contributed by atoms with Gasteiger partial charge in [0.05, 0.1) is 5.69 Å². The molecule has 136 valence electrons. The minimum absolute atomic E-state index is 0.0768. The minimum atomic E-state index is -0.128. The van der Waals surface area contributed by atoms with E-state index >= 15 is 0 Å². The van der Waals surface area contributed by atoms with E-state index < -0.39 is 0 Å². The molecule has 1 saturated carbocycles. The molecule has 0 atom stereocenters. The summed E-state index contributed by atoms with van der Waals surface area (Å²) in [6.45, 7) is 3.69. The SMILES string of the molecule is Cc1ccc(C(=O)NC2CC2)cc1-n1ccnc(N2CCCCC2)c1=O. The van der Waals surface area contributed by atoms with Crippen molar-refractivity contribution in [1.29, 1.82) is 0 Å². The molecule has 0 spiro atoms. The predicted molar refractivity (Wildman–Crippen MR) is 101 cm³/mol. The van der Waals surface area contributed by atoms with Gasteiger partial charge in [0.2, 0.25) is 0 Å². The summed E-state index contributed by atoms with van der Waals surface area (Å²) in [7, 11) is 0. The summed E-state index contributed by atoms with van der Waals surface area (Å²) in [6, 6.07) is 5.81. The topological polar surface area (TPSA) is 67.2 Å². The zero-order chi connectivity index (χ0) is 18.1. The second-order valence-corrected chi connectivity index (χ2v) is 7.22. The van der Waals surface area contributed by atoms with E-state index in [-0.39, 0.29) is 11.5 Å². The van der Waals surface area contributed by atoms with Gasteiger partial charge < -0.3 is 10.2 Å². The largest absolute Gasteiger partial charge is 0.352 e. The maximum absolute atomic E-state index is 13.0. The highest BCUT2D eigenvalue weighted by atomic mass is 16.2. The van der Waals surface area contributed by atoms with Crippen LogP contribution in [0.3, 0.4) is 0 Å². The molecule has 1 N–H and O–H groups in total. The van der Waals surface area contributed by atoms with Gasteiger partial charge >= 0.3 is 0 Å². The van der Waals surface area contributed by atoms with E-state index in [0.29, 0.717) is 17.4 Å². The molecule has 6 nitrogen and oxygen atoms in total. The highest BCUT2D eigenvalue weighted by molar-refractivity contribution is 5.95. The van der Waals surface area contributed by atoms with Gasteiger partial charge in [-0.3, -0.25) is 14.2 Å². The molecule has 0 radical (unpaired) electrons. The van der Waals surface area contributed by atoms with Gasteiger partial charge in [0.25, 0.3) is 11.5 Å². The lowest BCUT2D eigenvalue weighted by molar-refractivity contribution is 0.0951. The van der Waals surface area contributed by atoms with Crippen LogP contribution in [0.4, 0.5) is 5.82 Å². The molecule has 4 rings (SSSR count). The van der Waals surface area contributed by atoms with Gasteiger partial charge in [0, 0.05) is 37.1 Å². The van der Waals surface area contributed by atoms with Crippen LogP contribution in [0.5, 0.6) is 0 Å². The highest BCUT2D eigenvalue weighted by Crippen LogP contribution is 2.21. The van der Waals surface area contributed by atoms with Crippen molar-refractivity contribution < 1.29 is 4.79 Å². The fourth-order valence-corrected chi connectivity index (χ4v) is 3.42. The number of hydrogen-bond acceptors (Lipinski definition) is 4. The number of aryl methyl sites for hydroxylation is 1. The number of amides is 1. The van der Waals surface area contributed by atoms with Crippen LogP contribution in [0.25, 0.3) is 5.69 Å². The molecular formula is C20H24N4O2. The van der Waals surface area contributed by atoms with Gasteiger partial charge in [-0.15, -0.1) is 0 Å². The zero-order valence-corrected chi connectivity index (χ0v) is 15.1.